The van der Waals surface area contributed by atoms with Gasteiger partial charge >= 0.3 is 0 Å². The Morgan fingerprint density at radius 1 is 1.33 bits per heavy atom. The van der Waals surface area contributed by atoms with E-state index < -0.39 is 12.1 Å². The number of pyridine rings is 2. The summed E-state index contributed by atoms with van der Waals surface area (Å²) in [5.41, 5.74) is 7.36. The highest BCUT2D eigenvalue weighted by atomic mass is 19.1. The van der Waals surface area contributed by atoms with E-state index >= 15 is 0 Å². The predicted octanol–water partition coefficient (Wildman–Crippen LogP) is 3.08. The first-order valence-corrected chi connectivity index (χ1v) is 8.01. The fourth-order valence-corrected chi connectivity index (χ4v) is 2.52. The average Bonchev–Trinajstić information content (AvgIpc) is 3.09. The van der Waals surface area contributed by atoms with Crippen molar-refractivity contribution < 1.29 is 13.9 Å². The largest absolute Gasteiger partial charge is 0.478 e. The first-order chi connectivity index (χ1) is 11.6. The van der Waals surface area contributed by atoms with E-state index in [9.17, 15) is 4.39 Å². The van der Waals surface area contributed by atoms with Gasteiger partial charge in [0.25, 0.3) is 0 Å². The quantitative estimate of drug-likeness (QED) is 0.931. The molecule has 0 spiro atoms. The maximum atomic E-state index is 13.3. The Kier molecular flexibility index (Phi) is 6.49. The summed E-state index contributed by atoms with van der Waals surface area (Å²) in [6.07, 6.45) is 4.00. The molecule has 0 saturated carbocycles. The minimum absolute atomic E-state index is 0.412. The van der Waals surface area contributed by atoms with Crippen LogP contribution < -0.4 is 10.5 Å². The number of nitrogen functional groups attached to an aromatic ring is 1. The van der Waals surface area contributed by atoms with Gasteiger partial charge in [0.2, 0.25) is 5.88 Å². The van der Waals surface area contributed by atoms with Gasteiger partial charge in [0, 0.05) is 24.1 Å². The van der Waals surface area contributed by atoms with E-state index in [1.165, 1.54) is 0 Å². The Bertz CT molecular complexity index is 607. The number of rotatable bonds is 4. The standard InChI is InChI=1S/C12H16FNO2.C6H8N2/c1-2-16-11-10(4-3-6-14-11)12(8-13)5-7-15-9-12;1-5-2-3-6(7)4-8-5/h3-4,6H,2,5,7-9H2,1H3;2-4H,7H2,1H3. The SMILES string of the molecule is CCOc1ncccc1C1(CF)CCOC1.Cc1ccc(N)cn1. The van der Waals surface area contributed by atoms with Crippen LogP contribution in [0, 0.1) is 6.92 Å². The lowest BCUT2D eigenvalue weighted by molar-refractivity contribution is 0.164. The van der Waals surface area contributed by atoms with Crippen molar-refractivity contribution in [3.8, 4) is 5.88 Å². The zero-order chi connectivity index (χ0) is 17.4. The molecule has 1 aliphatic rings. The molecule has 1 atom stereocenters. The monoisotopic (exact) mass is 333 g/mol. The summed E-state index contributed by atoms with van der Waals surface area (Å²) in [6.45, 7) is 4.94. The van der Waals surface area contributed by atoms with Gasteiger partial charge in [0.15, 0.2) is 0 Å². The molecule has 5 nitrogen and oxygen atoms in total. The van der Waals surface area contributed by atoms with Gasteiger partial charge in [-0.2, -0.15) is 0 Å². The van der Waals surface area contributed by atoms with Gasteiger partial charge in [0.1, 0.15) is 6.67 Å². The van der Waals surface area contributed by atoms with Gasteiger partial charge in [-0.25, -0.2) is 4.98 Å². The van der Waals surface area contributed by atoms with Gasteiger partial charge in [0.05, 0.1) is 30.5 Å². The first-order valence-electron chi connectivity index (χ1n) is 8.01. The molecule has 0 aliphatic carbocycles. The minimum atomic E-state index is -0.557. The van der Waals surface area contributed by atoms with Gasteiger partial charge in [-0.15, -0.1) is 0 Å². The third-order valence-electron chi connectivity index (χ3n) is 3.92. The summed E-state index contributed by atoms with van der Waals surface area (Å²) in [4.78, 5) is 8.12. The molecule has 1 saturated heterocycles. The number of aryl methyl sites for hydroxylation is 1. The van der Waals surface area contributed by atoms with Crippen LogP contribution in [0.4, 0.5) is 10.1 Å². The average molecular weight is 333 g/mol. The van der Waals surface area contributed by atoms with Crippen LogP contribution in [-0.4, -0.2) is 36.5 Å². The molecular formula is C18H24FN3O2. The highest BCUT2D eigenvalue weighted by Gasteiger charge is 2.39. The van der Waals surface area contributed by atoms with Crippen molar-refractivity contribution in [2.24, 2.45) is 0 Å². The number of alkyl halides is 1. The molecule has 0 bridgehead atoms. The lowest BCUT2D eigenvalue weighted by Crippen LogP contribution is -2.30. The highest BCUT2D eigenvalue weighted by molar-refractivity contribution is 5.35. The minimum Gasteiger partial charge on any atom is -0.478 e. The van der Waals surface area contributed by atoms with Crippen molar-refractivity contribution in [2.45, 2.75) is 25.7 Å². The van der Waals surface area contributed by atoms with Gasteiger partial charge in [-0.05, 0) is 38.5 Å². The number of hydrogen-bond acceptors (Lipinski definition) is 5. The van der Waals surface area contributed by atoms with E-state index in [0.717, 1.165) is 16.9 Å². The summed E-state index contributed by atoms with van der Waals surface area (Å²) in [5, 5.41) is 0. The maximum Gasteiger partial charge on any atom is 0.217 e. The van der Waals surface area contributed by atoms with Gasteiger partial charge < -0.3 is 15.2 Å². The highest BCUT2D eigenvalue weighted by Crippen LogP contribution is 2.37. The molecule has 24 heavy (non-hydrogen) atoms. The summed E-state index contributed by atoms with van der Waals surface area (Å²) < 4.78 is 24.1. The summed E-state index contributed by atoms with van der Waals surface area (Å²) in [6, 6.07) is 7.41. The molecule has 6 heteroatoms. The van der Waals surface area contributed by atoms with Crippen molar-refractivity contribution in [1.82, 2.24) is 9.97 Å². The Morgan fingerprint density at radius 3 is 2.71 bits per heavy atom. The molecule has 2 aromatic heterocycles. The lowest BCUT2D eigenvalue weighted by atomic mass is 9.81. The summed E-state index contributed by atoms with van der Waals surface area (Å²) in [5.74, 6) is 0.535. The molecule has 0 amide bonds. The maximum absolute atomic E-state index is 13.3. The topological polar surface area (TPSA) is 70.3 Å². The van der Waals surface area contributed by atoms with Crippen LogP contribution >= 0.6 is 0 Å². The molecule has 3 heterocycles. The van der Waals surface area contributed by atoms with Crippen molar-refractivity contribution in [3.63, 3.8) is 0 Å². The molecule has 0 radical (unpaired) electrons. The third-order valence-corrected chi connectivity index (χ3v) is 3.92. The van der Waals surface area contributed by atoms with Crippen molar-refractivity contribution in [3.05, 3.63) is 47.9 Å². The van der Waals surface area contributed by atoms with Crippen molar-refractivity contribution in [1.29, 1.82) is 0 Å². The summed E-state index contributed by atoms with van der Waals surface area (Å²) >= 11 is 0. The molecule has 0 aromatic carbocycles. The van der Waals surface area contributed by atoms with E-state index in [1.54, 1.807) is 12.4 Å². The van der Waals surface area contributed by atoms with E-state index in [-0.39, 0.29) is 0 Å². The van der Waals surface area contributed by atoms with Crippen molar-refractivity contribution >= 4 is 5.69 Å². The second kappa shape index (κ2) is 8.59. The predicted molar refractivity (Wildman–Crippen MR) is 91.9 cm³/mol. The fraction of sp³-hybridized carbons (Fsp3) is 0.444. The van der Waals surface area contributed by atoms with Crippen LogP contribution in [0.15, 0.2) is 36.7 Å². The Morgan fingerprint density at radius 2 is 2.17 bits per heavy atom. The number of anilines is 1. The van der Waals surface area contributed by atoms with Crippen molar-refractivity contribution in [2.75, 3.05) is 32.2 Å². The number of ether oxygens (including phenoxy) is 2. The van der Waals surface area contributed by atoms with Gasteiger partial charge in [-0.1, -0.05) is 6.07 Å². The van der Waals surface area contributed by atoms with Crippen LogP contribution in [0.1, 0.15) is 24.6 Å². The second-order valence-corrected chi connectivity index (χ2v) is 5.74. The second-order valence-electron chi connectivity index (χ2n) is 5.74. The van der Waals surface area contributed by atoms with E-state index in [1.807, 2.05) is 38.1 Å². The van der Waals surface area contributed by atoms with E-state index in [2.05, 4.69) is 9.97 Å². The Balaban J connectivity index is 0.000000219. The fourth-order valence-electron chi connectivity index (χ4n) is 2.52. The Hall–Kier alpha value is -2.21. The zero-order valence-electron chi connectivity index (χ0n) is 14.2. The molecule has 2 N–H and O–H groups in total. The number of halogens is 1. The van der Waals surface area contributed by atoms with Crippen LogP contribution in [0.2, 0.25) is 0 Å². The third kappa shape index (κ3) is 4.41. The first kappa shape index (κ1) is 18.1. The number of aromatic nitrogens is 2. The Labute approximate surface area is 142 Å². The summed E-state index contributed by atoms with van der Waals surface area (Å²) in [7, 11) is 0. The smallest absolute Gasteiger partial charge is 0.217 e. The molecule has 1 unspecified atom stereocenters. The molecular weight excluding hydrogens is 309 g/mol. The molecule has 130 valence electrons. The molecule has 2 aromatic rings. The normalized spacial score (nSPS) is 19.5. The number of hydrogen-bond donors (Lipinski definition) is 1. The number of nitrogens with zero attached hydrogens (tertiary/aromatic N) is 2. The zero-order valence-corrected chi connectivity index (χ0v) is 14.2. The lowest BCUT2D eigenvalue weighted by Gasteiger charge is -2.25. The molecule has 1 fully saturated rings. The van der Waals surface area contributed by atoms with Gasteiger partial charge in [-0.3, -0.25) is 9.37 Å². The molecule has 3 rings (SSSR count). The number of nitrogens with two attached hydrogens (primary N) is 1. The van der Waals surface area contributed by atoms with Crippen LogP contribution in [0.3, 0.4) is 0 Å². The van der Waals surface area contributed by atoms with Crippen LogP contribution in [-0.2, 0) is 10.2 Å². The van der Waals surface area contributed by atoms with Crippen LogP contribution in [0.5, 0.6) is 5.88 Å². The van der Waals surface area contributed by atoms with E-state index in [0.29, 0.717) is 32.1 Å². The molecule has 1 aliphatic heterocycles. The van der Waals surface area contributed by atoms with E-state index in [4.69, 9.17) is 15.2 Å². The van der Waals surface area contributed by atoms with Crippen LogP contribution in [0.25, 0.3) is 0 Å².